The number of carbonyl (C=O) groups is 2. The standard InChI is InChI=1S/C30H23ClN2O3S/c1-19(25-9-5-7-21-6-3-4-8-26(21)25)32-28(34)27(18-20-10-16-24(36-2)17-11-20)29(35)33(30(32)37)23-14-12-22(31)13-15-23/h3-19H,1-2H3/b27-18-. The zero-order chi connectivity index (χ0) is 26.1. The number of rotatable bonds is 5. The number of amides is 2. The number of hydrogen-bond donors (Lipinski definition) is 0. The minimum absolute atomic E-state index is 0.0146. The van der Waals surface area contributed by atoms with Gasteiger partial charge in [-0.3, -0.25) is 19.4 Å². The van der Waals surface area contributed by atoms with Gasteiger partial charge in [0.05, 0.1) is 18.8 Å². The molecular formula is C30H23ClN2O3S. The van der Waals surface area contributed by atoms with Crippen LogP contribution in [0.5, 0.6) is 5.75 Å². The van der Waals surface area contributed by atoms with E-state index in [1.165, 1.54) is 9.80 Å². The van der Waals surface area contributed by atoms with Crippen LogP contribution in [0.15, 0.2) is 96.6 Å². The van der Waals surface area contributed by atoms with Gasteiger partial charge >= 0.3 is 0 Å². The molecule has 0 N–H and O–H groups in total. The second kappa shape index (κ2) is 10.2. The van der Waals surface area contributed by atoms with Crippen LogP contribution in [0.3, 0.4) is 0 Å². The maximum Gasteiger partial charge on any atom is 0.270 e. The lowest BCUT2D eigenvalue weighted by molar-refractivity contribution is -0.129. The molecule has 1 unspecified atom stereocenters. The number of halogens is 1. The predicted octanol–water partition coefficient (Wildman–Crippen LogP) is 6.81. The number of methoxy groups -OCH3 is 1. The van der Waals surface area contributed by atoms with Gasteiger partial charge in [-0.1, -0.05) is 66.2 Å². The zero-order valence-electron chi connectivity index (χ0n) is 20.2. The molecule has 37 heavy (non-hydrogen) atoms. The highest BCUT2D eigenvalue weighted by molar-refractivity contribution is 7.80. The SMILES string of the molecule is COc1ccc(/C=C2\C(=O)N(c3ccc(Cl)cc3)C(=S)N(C(C)c3cccc4ccccc34)C2=O)cc1. The van der Waals surface area contributed by atoms with Crippen LogP contribution in [0.1, 0.15) is 24.1 Å². The number of thiocarbonyl (C=S) groups is 1. The summed E-state index contributed by atoms with van der Waals surface area (Å²) in [5, 5.41) is 2.72. The molecule has 0 aliphatic carbocycles. The van der Waals surface area contributed by atoms with Gasteiger partial charge in [0.15, 0.2) is 5.11 Å². The minimum Gasteiger partial charge on any atom is -0.497 e. The molecule has 0 saturated carbocycles. The Morgan fingerprint density at radius 3 is 2.24 bits per heavy atom. The van der Waals surface area contributed by atoms with Gasteiger partial charge in [-0.2, -0.15) is 0 Å². The molecule has 4 aromatic carbocycles. The average molecular weight is 527 g/mol. The van der Waals surface area contributed by atoms with Crippen LogP contribution >= 0.6 is 23.8 Å². The van der Waals surface area contributed by atoms with Crippen molar-refractivity contribution in [2.75, 3.05) is 12.0 Å². The molecule has 7 heteroatoms. The Bertz CT molecular complexity index is 1540. The Morgan fingerprint density at radius 1 is 0.865 bits per heavy atom. The molecule has 1 heterocycles. The zero-order valence-corrected chi connectivity index (χ0v) is 21.8. The monoisotopic (exact) mass is 526 g/mol. The average Bonchev–Trinajstić information content (AvgIpc) is 2.92. The fraction of sp³-hybridized carbons (Fsp3) is 0.100. The van der Waals surface area contributed by atoms with Crippen molar-refractivity contribution in [3.05, 3.63) is 113 Å². The van der Waals surface area contributed by atoms with Crippen LogP contribution < -0.4 is 9.64 Å². The summed E-state index contributed by atoms with van der Waals surface area (Å²) in [6.07, 6.45) is 1.59. The molecule has 2 amide bonds. The number of benzene rings is 4. The normalized spacial score (nSPS) is 16.0. The molecule has 1 fully saturated rings. The molecule has 1 saturated heterocycles. The lowest BCUT2D eigenvalue weighted by Gasteiger charge is -2.40. The van der Waals surface area contributed by atoms with Gasteiger partial charge in [0.25, 0.3) is 11.8 Å². The van der Waals surface area contributed by atoms with Gasteiger partial charge in [-0.05, 0) is 83.5 Å². The molecule has 1 aliphatic heterocycles. The van der Waals surface area contributed by atoms with Gasteiger partial charge in [0, 0.05) is 5.02 Å². The summed E-state index contributed by atoms with van der Waals surface area (Å²) in [7, 11) is 1.58. The lowest BCUT2D eigenvalue weighted by atomic mass is 9.97. The molecule has 0 spiro atoms. The molecule has 184 valence electrons. The van der Waals surface area contributed by atoms with Crippen LogP contribution in [0.25, 0.3) is 16.8 Å². The van der Waals surface area contributed by atoms with Crippen molar-refractivity contribution >= 4 is 63.3 Å². The number of nitrogens with zero attached hydrogens (tertiary/aromatic N) is 2. The van der Waals surface area contributed by atoms with E-state index in [2.05, 4.69) is 0 Å². The highest BCUT2D eigenvalue weighted by Gasteiger charge is 2.43. The molecule has 4 aromatic rings. The molecule has 0 radical (unpaired) electrons. The summed E-state index contributed by atoms with van der Waals surface area (Å²) in [6.45, 7) is 1.92. The van der Waals surface area contributed by atoms with Gasteiger partial charge in [0.2, 0.25) is 0 Å². The summed E-state index contributed by atoms with van der Waals surface area (Å²) in [6, 6.07) is 27.5. The van der Waals surface area contributed by atoms with Crippen LogP contribution in [0.4, 0.5) is 5.69 Å². The van der Waals surface area contributed by atoms with E-state index >= 15 is 0 Å². The van der Waals surface area contributed by atoms with Crippen molar-refractivity contribution in [1.29, 1.82) is 0 Å². The summed E-state index contributed by atoms with van der Waals surface area (Å²) in [5.41, 5.74) is 2.17. The molecule has 0 bridgehead atoms. The third-order valence-corrected chi connectivity index (χ3v) is 7.08. The Kier molecular flexibility index (Phi) is 6.78. The second-order valence-electron chi connectivity index (χ2n) is 8.65. The minimum atomic E-state index is -0.491. The van der Waals surface area contributed by atoms with E-state index in [9.17, 15) is 9.59 Å². The number of carbonyl (C=O) groups excluding carboxylic acids is 2. The van der Waals surface area contributed by atoms with Crippen LogP contribution in [-0.2, 0) is 9.59 Å². The predicted molar refractivity (Wildman–Crippen MR) is 152 cm³/mol. The fourth-order valence-electron chi connectivity index (χ4n) is 4.53. The smallest absolute Gasteiger partial charge is 0.270 e. The van der Waals surface area contributed by atoms with Crippen molar-refractivity contribution in [2.45, 2.75) is 13.0 Å². The second-order valence-corrected chi connectivity index (χ2v) is 9.45. The van der Waals surface area contributed by atoms with Crippen LogP contribution in [-0.4, -0.2) is 28.9 Å². The largest absolute Gasteiger partial charge is 0.497 e. The maximum absolute atomic E-state index is 13.9. The molecule has 5 rings (SSSR count). The summed E-state index contributed by atoms with van der Waals surface area (Å²) in [5.74, 6) is -0.260. The molecule has 1 atom stereocenters. The molecular weight excluding hydrogens is 504 g/mol. The quantitative estimate of drug-likeness (QED) is 0.163. The highest BCUT2D eigenvalue weighted by atomic mass is 35.5. The van der Waals surface area contributed by atoms with Gasteiger partial charge in [0.1, 0.15) is 11.3 Å². The molecule has 0 aromatic heterocycles. The first-order valence-electron chi connectivity index (χ1n) is 11.7. The fourth-order valence-corrected chi connectivity index (χ4v) is 5.08. The Labute approximate surface area is 225 Å². The topological polar surface area (TPSA) is 49.9 Å². The number of fused-ring (bicyclic) bond motifs is 1. The molecule has 5 nitrogen and oxygen atoms in total. The first-order valence-corrected chi connectivity index (χ1v) is 12.5. The van der Waals surface area contributed by atoms with E-state index in [-0.39, 0.29) is 10.7 Å². The first kappa shape index (κ1) is 24.7. The third-order valence-electron chi connectivity index (χ3n) is 6.45. The van der Waals surface area contributed by atoms with Gasteiger partial charge < -0.3 is 4.74 Å². The Hall–Kier alpha value is -4.00. The van der Waals surface area contributed by atoms with Crippen molar-refractivity contribution in [1.82, 2.24) is 4.90 Å². The van der Waals surface area contributed by atoms with Crippen molar-refractivity contribution in [3.63, 3.8) is 0 Å². The molecule has 1 aliphatic rings. The lowest BCUT2D eigenvalue weighted by Crippen LogP contribution is -2.57. The Morgan fingerprint density at radius 2 is 1.54 bits per heavy atom. The van der Waals surface area contributed by atoms with E-state index in [1.807, 2.05) is 49.4 Å². The van der Waals surface area contributed by atoms with Crippen LogP contribution in [0, 0.1) is 0 Å². The maximum atomic E-state index is 13.9. The summed E-state index contributed by atoms with van der Waals surface area (Å²) < 4.78 is 5.23. The van der Waals surface area contributed by atoms with E-state index in [1.54, 1.807) is 61.7 Å². The van der Waals surface area contributed by atoms with Crippen LogP contribution in [0.2, 0.25) is 5.02 Å². The summed E-state index contributed by atoms with van der Waals surface area (Å²) >= 11 is 11.9. The summed E-state index contributed by atoms with van der Waals surface area (Å²) in [4.78, 5) is 30.6. The number of hydrogen-bond acceptors (Lipinski definition) is 4. The van der Waals surface area contributed by atoms with Gasteiger partial charge in [-0.15, -0.1) is 0 Å². The van der Waals surface area contributed by atoms with E-state index in [0.717, 1.165) is 16.3 Å². The first-order chi connectivity index (χ1) is 17.9. The van der Waals surface area contributed by atoms with E-state index in [0.29, 0.717) is 22.0 Å². The number of ether oxygens (including phenoxy) is 1. The Balaban J connectivity index is 1.64. The highest BCUT2D eigenvalue weighted by Crippen LogP contribution is 2.35. The van der Waals surface area contributed by atoms with Crippen molar-refractivity contribution in [2.24, 2.45) is 0 Å². The van der Waals surface area contributed by atoms with Crippen molar-refractivity contribution in [3.8, 4) is 5.75 Å². The van der Waals surface area contributed by atoms with Gasteiger partial charge in [-0.25, -0.2) is 0 Å². The number of anilines is 1. The third kappa shape index (κ3) is 4.61. The van der Waals surface area contributed by atoms with E-state index < -0.39 is 17.9 Å². The van der Waals surface area contributed by atoms with Crippen molar-refractivity contribution < 1.29 is 14.3 Å². The van der Waals surface area contributed by atoms with E-state index in [4.69, 9.17) is 28.6 Å².